The third-order valence-corrected chi connectivity index (χ3v) is 5.70. The summed E-state index contributed by atoms with van der Waals surface area (Å²) in [5, 5.41) is 16.9. The molecule has 1 unspecified atom stereocenters. The van der Waals surface area contributed by atoms with Gasteiger partial charge in [-0.25, -0.2) is 14.4 Å². The highest BCUT2D eigenvalue weighted by Gasteiger charge is 2.34. The van der Waals surface area contributed by atoms with Gasteiger partial charge in [-0.3, -0.25) is 14.6 Å². The topological polar surface area (TPSA) is 111 Å². The van der Waals surface area contributed by atoms with Crippen LogP contribution in [-0.2, 0) is 4.79 Å². The lowest BCUT2D eigenvalue weighted by Gasteiger charge is -2.21. The molecule has 170 valence electrons. The quantitative estimate of drug-likeness (QED) is 0.612. The molecule has 1 aromatic heterocycles. The van der Waals surface area contributed by atoms with Crippen molar-refractivity contribution in [2.45, 2.75) is 19.4 Å². The van der Waals surface area contributed by atoms with Gasteiger partial charge in [-0.05, 0) is 35.9 Å². The molecule has 3 aromatic rings. The van der Waals surface area contributed by atoms with Crippen LogP contribution in [0.3, 0.4) is 0 Å². The maximum Gasteiger partial charge on any atom is 0.335 e. The molecule has 4 rings (SSSR count). The van der Waals surface area contributed by atoms with Crippen LogP contribution in [0.1, 0.15) is 30.5 Å². The Kier molecular flexibility index (Phi) is 5.82. The van der Waals surface area contributed by atoms with Gasteiger partial charge in [0.15, 0.2) is 0 Å². The van der Waals surface area contributed by atoms with E-state index in [0.29, 0.717) is 5.02 Å². The number of nitrogens with zero attached hydrogens (tertiary/aromatic N) is 4. The van der Waals surface area contributed by atoms with Crippen LogP contribution in [0.4, 0.5) is 5.69 Å². The summed E-state index contributed by atoms with van der Waals surface area (Å²) in [6.07, 6.45) is 0.186. The average Bonchev–Trinajstić information content (AvgIpc) is 3.19. The monoisotopic (exact) mass is 467 g/mol. The summed E-state index contributed by atoms with van der Waals surface area (Å²) in [6.45, 7) is 1.38. The van der Waals surface area contributed by atoms with Crippen LogP contribution in [0.15, 0.2) is 63.2 Å². The summed E-state index contributed by atoms with van der Waals surface area (Å²) in [5.74, 6) is -0.886. The summed E-state index contributed by atoms with van der Waals surface area (Å²) in [6, 6.07) is 13.5. The van der Waals surface area contributed by atoms with Crippen LogP contribution < -0.4 is 16.1 Å². The van der Waals surface area contributed by atoms with Crippen molar-refractivity contribution in [3.05, 3.63) is 85.5 Å². The molecular weight excluding hydrogens is 446 g/mol. The minimum Gasteiger partial charge on any atom is -0.493 e. The molecule has 9 nitrogen and oxygen atoms in total. The van der Waals surface area contributed by atoms with E-state index < -0.39 is 23.2 Å². The summed E-state index contributed by atoms with van der Waals surface area (Å²) >= 11 is 6.03. The molecule has 1 atom stereocenters. The SMILES string of the molecule is CC(=O)N1N=C(c2c(O)n(-c3cccc(Cl)c3)c(=O)[nH]c2=O)CC1c1ccc(N(C)C)cc1. The van der Waals surface area contributed by atoms with Crippen LogP contribution in [0, 0.1) is 0 Å². The summed E-state index contributed by atoms with van der Waals surface area (Å²) in [7, 11) is 3.86. The highest BCUT2D eigenvalue weighted by Crippen LogP contribution is 2.34. The first kappa shape index (κ1) is 22.3. The van der Waals surface area contributed by atoms with Crippen LogP contribution in [0.5, 0.6) is 5.88 Å². The Labute approximate surface area is 194 Å². The molecule has 1 aliphatic rings. The van der Waals surface area contributed by atoms with Gasteiger partial charge in [0, 0.05) is 38.1 Å². The number of anilines is 1. The fraction of sp³-hybridized carbons (Fsp3) is 0.217. The molecule has 2 heterocycles. The first-order valence-corrected chi connectivity index (χ1v) is 10.5. The van der Waals surface area contributed by atoms with Crippen LogP contribution >= 0.6 is 11.6 Å². The van der Waals surface area contributed by atoms with Gasteiger partial charge in [0.2, 0.25) is 11.8 Å². The number of H-pyrrole nitrogens is 1. The van der Waals surface area contributed by atoms with Gasteiger partial charge in [-0.2, -0.15) is 5.10 Å². The van der Waals surface area contributed by atoms with E-state index in [1.54, 1.807) is 18.2 Å². The highest BCUT2D eigenvalue weighted by atomic mass is 35.5. The number of aromatic amines is 1. The number of halogens is 1. The zero-order chi connectivity index (χ0) is 23.9. The van der Waals surface area contributed by atoms with Gasteiger partial charge < -0.3 is 10.0 Å². The van der Waals surface area contributed by atoms with Gasteiger partial charge in [0.1, 0.15) is 5.56 Å². The second-order valence-corrected chi connectivity index (χ2v) is 8.33. The Hall–Kier alpha value is -3.85. The van der Waals surface area contributed by atoms with Crippen molar-refractivity contribution >= 4 is 28.9 Å². The van der Waals surface area contributed by atoms with Crippen LogP contribution in [0.25, 0.3) is 5.69 Å². The van der Waals surface area contributed by atoms with Crippen LogP contribution in [0.2, 0.25) is 5.02 Å². The number of rotatable bonds is 4. The van der Waals surface area contributed by atoms with Crippen molar-refractivity contribution < 1.29 is 9.90 Å². The lowest BCUT2D eigenvalue weighted by atomic mass is 9.99. The zero-order valence-corrected chi connectivity index (χ0v) is 19.0. The number of carbonyl (C=O) groups excluding carboxylic acids is 1. The smallest absolute Gasteiger partial charge is 0.335 e. The van der Waals surface area contributed by atoms with Crippen LogP contribution in [-0.4, -0.2) is 45.4 Å². The second-order valence-electron chi connectivity index (χ2n) is 7.89. The van der Waals surface area contributed by atoms with E-state index in [2.05, 4.69) is 10.1 Å². The number of aromatic nitrogens is 2. The maximum atomic E-state index is 12.7. The third kappa shape index (κ3) is 4.14. The summed E-state index contributed by atoms with van der Waals surface area (Å²) in [5.41, 5.74) is 0.515. The average molecular weight is 468 g/mol. The van der Waals surface area contributed by atoms with Gasteiger partial charge >= 0.3 is 5.69 Å². The second kappa shape index (κ2) is 8.59. The molecule has 2 N–H and O–H groups in total. The lowest BCUT2D eigenvalue weighted by Crippen LogP contribution is -2.33. The molecule has 10 heteroatoms. The Morgan fingerprint density at radius 1 is 1.18 bits per heavy atom. The van der Waals surface area contributed by atoms with E-state index >= 15 is 0 Å². The number of hydrazone groups is 1. The molecule has 2 aromatic carbocycles. The minimum atomic E-state index is -0.818. The van der Waals surface area contributed by atoms with Crippen molar-refractivity contribution in [2.24, 2.45) is 5.10 Å². The van der Waals surface area contributed by atoms with E-state index in [1.165, 1.54) is 18.0 Å². The first-order chi connectivity index (χ1) is 15.7. The molecule has 0 saturated heterocycles. The highest BCUT2D eigenvalue weighted by molar-refractivity contribution is 6.30. The Morgan fingerprint density at radius 3 is 2.48 bits per heavy atom. The van der Waals surface area contributed by atoms with Crippen molar-refractivity contribution in [3.8, 4) is 11.6 Å². The van der Waals surface area contributed by atoms with E-state index in [-0.39, 0.29) is 29.3 Å². The molecule has 0 radical (unpaired) electrons. The van der Waals surface area contributed by atoms with Crippen molar-refractivity contribution in [1.29, 1.82) is 0 Å². The molecule has 1 amide bonds. The van der Waals surface area contributed by atoms with Gasteiger partial charge in [0.25, 0.3) is 5.56 Å². The molecule has 0 aliphatic carbocycles. The van der Waals surface area contributed by atoms with Gasteiger partial charge in [0.05, 0.1) is 17.4 Å². The number of hydrogen-bond donors (Lipinski definition) is 2. The Balaban J connectivity index is 1.80. The summed E-state index contributed by atoms with van der Waals surface area (Å²) in [4.78, 5) is 41.7. The normalized spacial score (nSPS) is 15.5. The van der Waals surface area contributed by atoms with Crippen molar-refractivity contribution in [3.63, 3.8) is 0 Å². The predicted octanol–water partition coefficient (Wildman–Crippen LogP) is 2.65. The largest absolute Gasteiger partial charge is 0.493 e. The molecule has 0 spiro atoms. The standard InChI is InChI=1S/C23H22ClN5O4/c1-13(30)29-19(14-7-9-16(10-8-14)27(2)3)12-18(26-29)20-21(31)25-23(33)28(22(20)32)17-6-4-5-15(24)11-17/h4-11,19,32H,12H2,1-3H3,(H,25,31,33). The number of hydrogen-bond acceptors (Lipinski definition) is 6. The van der Waals surface area contributed by atoms with E-state index in [9.17, 15) is 19.5 Å². The molecule has 1 aliphatic heterocycles. The van der Waals surface area contributed by atoms with E-state index in [4.69, 9.17) is 11.6 Å². The molecule has 0 bridgehead atoms. The van der Waals surface area contributed by atoms with E-state index in [0.717, 1.165) is 15.8 Å². The summed E-state index contributed by atoms with van der Waals surface area (Å²) < 4.78 is 0.947. The van der Waals surface area contributed by atoms with Gasteiger partial charge in [-0.1, -0.05) is 29.8 Å². The number of aromatic hydroxyl groups is 1. The number of amides is 1. The molecule has 0 saturated carbocycles. The number of benzene rings is 2. The first-order valence-electron chi connectivity index (χ1n) is 10.2. The Morgan fingerprint density at radius 2 is 1.88 bits per heavy atom. The fourth-order valence-corrected chi connectivity index (χ4v) is 4.03. The molecular formula is C23H22ClN5O4. The number of carbonyl (C=O) groups is 1. The maximum absolute atomic E-state index is 12.7. The van der Waals surface area contributed by atoms with Crippen molar-refractivity contribution in [1.82, 2.24) is 14.6 Å². The molecule has 33 heavy (non-hydrogen) atoms. The van der Waals surface area contributed by atoms with Gasteiger partial charge in [-0.15, -0.1) is 0 Å². The van der Waals surface area contributed by atoms with E-state index in [1.807, 2.05) is 43.3 Å². The predicted molar refractivity (Wildman–Crippen MR) is 127 cm³/mol. The Bertz CT molecular complexity index is 1370. The minimum absolute atomic E-state index is 0.173. The fourth-order valence-electron chi connectivity index (χ4n) is 3.85. The van der Waals surface area contributed by atoms with Crippen molar-refractivity contribution in [2.75, 3.05) is 19.0 Å². The zero-order valence-electron chi connectivity index (χ0n) is 18.2. The number of nitrogens with one attached hydrogen (secondary N) is 1. The molecule has 0 fully saturated rings. The lowest BCUT2D eigenvalue weighted by molar-refractivity contribution is -0.130. The third-order valence-electron chi connectivity index (χ3n) is 5.47.